The van der Waals surface area contributed by atoms with Crippen LogP contribution in [0.3, 0.4) is 0 Å². The number of carbonyl (C=O) groups excluding carboxylic acids is 3. The number of ketones is 1. The number of amides is 2. The predicted molar refractivity (Wildman–Crippen MR) is 288 cm³/mol. The van der Waals surface area contributed by atoms with E-state index in [0.717, 1.165) is 24.3 Å². The maximum absolute atomic E-state index is 13.1. The van der Waals surface area contributed by atoms with E-state index in [0.29, 0.717) is 61.5 Å². The number of benzene rings is 2. The monoisotopic (exact) mass is 1140 g/mol. The molecule has 3 atom stereocenters. The molecule has 0 radical (unpaired) electrons. The van der Waals surface area contributed by atoms with Gasteiger partial charge in [0.1, 0.15) is 22.7 Å². The summed E-state index contributed by atoms with van der Waals surface area (Å²) in [7, 11) is 0. The molecular weight excluding hydrogens is 1090 g/mol. The number of anilines is 2. The fourth-order valence-corrected chi connectivity index (χ4v) is 10.2. The van der Waals surface area contributed by atoms with Gasteiger partial charge in [0.25, 0.3) is 11.1 Å². The fourth-order valence-electron chi connectivity index (χ4n) is 10.2. The number of aromatic nitrogens is 12. The van der Waals surface area contributed by atoms with Crippen LogP contribution >= 0.6 is 0 Å². The number of aryl methyl sites for hydroxylation is 2. The number of imidazole rings is 2. The van der Waals surface area contributed by atoms with Crippen LogP contribution in [0.2, 0.25) is 0 Å². The Morgan fingerprint density at radius 1 is 0.622 bits per heavy atom. The number of aliphatic hydroxyl groups excluding tert-OH is 1. The minimum Gasteiger partial charge on any atom is -0.391 e. The molecule has 2 fully saturated rings. The first-order valence-electron chi connectivity index (χ1n) is 26.7. The Labute approximate surface area is 461 Å². The van der Waals surface area contributed by atoms with Gasteiger partial charge in [-0.1, -0.05) is 39.8 Å². The summed E-state index contributed by atoms with van der Waals surface area (Å²) in [6.45, 7) is 8.83. The highest BCUT2D eigenvalue weighted by molar-refractivity contribution is 6.01. The first kappa shape index (κ1) is 58.0. The van der Waals surface area contributed by atoms with Crippen LogP contribution in [0.1, 0.15) is 77.3 Å². The van der Waals surface area contributed by atoms with Crippen LogP contribution in [0.25, 0.3) is 45.1 Å². The van der Waals surface area contributed by atoms with Gasteiger partial charge in [0.15, 0.2) is 17.1 Å². The van der Waals surface area contributed by atoms with Crippen molar-refractivity contribution in [1.29, 1.82) is 0 Å². The van der Waals surface area contributed by atoms with Crippen molar-refractivity contribution in [2.24, 2.45) is 11.8 Å². The molecule has 6 aromatic heterocycles. The van der Waals surface area contributed by atoms with E-state index >= 15 is 0 Å². The largest absolute Gasteiger partial charge is 0.416 e. The molecule has 0 spiro atoms. The third-order valence-electron chi connectivity index (χ3n) is 14.3. The lowest BCUT2D eigenvalue weighted by atomic mass is 10.0. The van der Waals surface area contributed by atoms with Crippen LogP contribution in [-0.2, 0) is 66.0 Å². The summed E-state index contributed by atoms with van der Waals surface area (Å²) < 4.78 is 86.9. The van der Waals surface area contributed by atoms with E-state index in [1.807, 2.05) is 27.7 Å². The summed E-state index contributed by atoms with van der Waals surface area (Å²) in [4.78, 5) is 108. The van der Waals surface area contributed by atoms with E-state index in [-0.39, 0.29) is 97.5 Å². The van der Waals surface area contributed by atoms with Gasteiger partial charge in [-0.15, -0.1) is 0 Å². The Morgan fingerprint density at radius 3 is 1.54 bits per heavy atom. The molecule has 82 heavy (non-hydrogen) atoms. The van der Waals surface area contributed by atoms with Crippen molar-refractivity contribution in [2.45, 2.75) is 124 Å². The molecule has 3 N–H and O–H groups in total. The molecule has 0 bridgehead atoms. The number of Topliss-reactive ketones (excluding diaryl/α,β-unsaturated/α-hetero) is 1. The molecule has 10 rings (SSSR count). The van der Waals surface area contributed by atoms with E-state index in [1.54, 1.807) is 12.4 Å². The molecule has 2 aromatic carbocycles. The zero-order chi connectivity index (χ0) is 58.9. The van der Waals surface area contributed by atoms with E-state index in [9.17, 15) is 65.0 Å². The molecule has 22 nitrogen and oxygen atoms in total. The Hall–Kier alpha value is -8.69. The number of hydrogen-bond donors (Lipinski definition) is 3. The van der Waals surface area contributed by atoms with Gasteiger partial charge in [0.2, 0.25) is 11.8 Å². The van der Waals surface area contributed by atoms with Crippen LogP contribution in [0.15, 0.2) is 92.5 Å². The molecule has 3 unspecified atom stereocenters. The normalized spacial score (nSPS) is 16.2. The third kappa shape index (κ3) is 11.7. The minimum absolute atomic E-state index is 0.0197. The van der Waals surface area contributed by atoms with Crippen molar-refractivity contribution in [3.05, 3.63) is 126 Å². The van der Waals surface area contributed by atoms with Gasteiger partial charge in [-0.25, -0.2) is 19.6 Å². The van der Waals surface area contributed by atoms with Crippen LogP contribution in [0.5, 0.6) is 0 Å². The number of fused-ring (bicyclic) bond motifs is 2. The Kier molecular flexibility index (Phi) is 16.6. The van der Waals surface area contributed by atoms with Crippen molar-refractivity contribution >= 4 is 51.3 Å². The first-order valence-corrected chi connectivity index (χ1v) is 26.7. The lowest BCUT2D eigenvalue weighted by Gasteiger charge is -2.20. The number of aromatic amines is 2. The van der Waals surface area contributed by atoms with Gasteiger partial charge in [-0.3, -0.25) is 51.6 Å². The van der Waals surface area contributed by atoms with Crippen LogP contribution in [-0.4, -0.2) is 99.7 Å². The standard InChI is InChI=1S/C27H30F3N7O4.C27H28F3N7O4/c2*1-3-8-35-24-22(25(40)36(9-4-2)26(35)41)32-23(33-24)17-12-31-34(13-17)15-20(38)16-10-21(39)37(14-16)19-7-5-6-18(11-19)27(28,29)30/h5-7,11-13,16,20,38H,3-4,8-10,14-15H2,1-2H3,(H,32,33);5-7,11-13,16H,3-4,8-10,14-15H2,1-2H3,(H,32,33). The molecule has 2 aliphatic heterocycles. The zero-order valence-electron chi connectivity index (χ0n) is 45.0. The highest BCUT2D eigenvalue weighted by Gasteiger charge is 2.39. The average molecular weight is 1150 g/mol. The average Bonchev–Trinajstić information content (AvgIpc) is 4.44. The molecular formula is C54H58F6N14O8. The van der Waals surface area contributed by atoms with Crippen molar-refractivity contribution in [3.63, 3.8) is 0 Å². The van der Waals surface area contributed by atoms with E-state index < -0.39 is 69.8 Å². The van der Waals surface area contributed by atoms with E-state index in [2.05, 4.69) is 30.1 Å². The second kappa shape index (κ2) is 23.4. The molecule has 8 heterocycles. The summed E-state index contributed by atoms with van der Waals surface area (Å²) in [6, 6.07) is 9.01. The molecule has 434 valence electrons. The van der Waals surface area contributed by atoms with Gasteiger partial charge in [-0.2, -0.15) is 36.5 Å². The topological polar surface area (TPSA) is 259 Å². The van der Waals surface area contributed by atoms with Crippen LogP contribution < -0.4 is 32.3 Å². The number of hydrogen-bond acceptors (Lipinski definition) is 12. The second-order valence-corrected chi connectivity index (χ2v) is 20.2. The maximum atomic E-state index is 13.1. The highest BCUT2D eigenvalue weighted by Crippen LogP contribution is 2.36. The highest BCUT2D eigenvalue weighted by atomic mass is 19.4. The number of halogens is 6. The number of rotatable bonds is 18. The van der Waals surface area contributed by atoms with Crippen molar-refractivity contribution < 1.29 is 45.8 Å². The molecule has 2 saturated heterocycles. The lowest BCUT2D eigenvalue weighted by molar-refractivity contribution is -0.138. The van der Waals surface area contributed by atoms with Crippen molar-refractivity contribution in [2.75, 3.05) is 22.9 Å². The van der Waals surface area contributed by atoms with Crippen LogP contribution in [0, 0.1) is 11.8 Å². The zero-order valence-corrected chi connectivity index (χ0v) is 45.0. The number of alkyl halides is 6. The quantitative estimate of drug-likeness (QED) is 0.0810. The molecule has 0 saturated carbocycles. The first-order chi connectivity index (χ1) is 39.0. The molecule has 2 aliphatic rings. The maximum Gasteiger partial charge on any atom is 0.416 e. The molecule has 8 aromatic rings. The van der Waals surface area contributed by atoms with Gasteiger partial charge >= 0.3 is 23.7 Å². The lowest BCUT2D eigenvalue weighted by Crippen LogP contribution is -2.40. The third-order valence-corrected chi connectivity index (χ3v) is 14.3. The Balaban J connectivity index is 0.000000198. The number of nitrogens with one attached hydrogen (secondary N) is 2. The Morgan fingerprint density at radius 2 is 1.06 bits per heavy atom. The molecule has 28 heteroatoms. The minimum atomic E-state index is -4.55. The van der Waals surface area contributed by atoms with E-state index in [1.165, 1.54) is 74.1 Å². The number of carbonyl (C=O) groups is 3. The summed E-state index contributed by atoms with van der Waals surface area (Å²) in [5.41, 5.74) is -1.31. The second-order valence-electron chi connectivity index (χ2n) is 20.2. The molecule has 0 aliphatic carbocycles. The van der Waals surface area contributed by atoms with Crippen molar-refractivity contribution in [1.82, 2.24) is 57.8 Å². The van der Waals surface area contributed by atoms with Gasteiger partial charge in [0, 0.05) is 87.7 Å². The number of H-pyrrole nitrogens is 2. The smallest absolute Gasteiger partial charge is 0.391 e. The van der Waals surface area contributed by atoms with Crippen molar-refractivity contribution in [3.8, 4) is 22.8 Å². The molecule has 2 amide bonds. The SMILES string of the molecule is CCCn1c(=O)c2[nH]c(-c3cnn(CC(=O)C4CC(=O)N(c5cccc(C(F)(F)F)c5)C4)c3)nc2n(CCC)c1=O.CCCn1c(=O)c2[nH]c(-c3cnn(CC(O)C4CC(=O)N(c5cccc(C(F)(F)F)c5)C4)c3)nc2n(CCC)c1=O. The number of nitrogens with zero attached hydrogens (tertiary/aromatic N) is 12. The Bertz CT molecular complexity index is 3950. The summed E-state index contributed by atoms with van der Waals surface area (Å²) >= 11 is 0. The predicted octanol–water partition coefficient (Wildman–Crippen LogP) is 6.21. The summed E-state index contributed by atoms with van der Waals surface area (Å²) in [5.74, 6) is -1.69. The van der Waals surface area contributed by atoms with Crippen LogP contribution in [0.4, 0.5) is 37.7 Å². The van der Waals surface area contributed by atoms with E-state index in [4.69, 9.17) is 0 Å². The van der Waals surface area contributed by atoms with Gasteiger partial charge in [0.05, 0.1) is 53.8 Å². The summed E-state index contributed by atoms with van der Waals surface area (Å²) in [6.07, 6.45) is -1.51. The fraction of sp³-hybridized carbons (Fsp3) is 0.426. The number of aliphatic hydroxyl groups is 1. The summed E-state index contributed by atoms with van der Waals surface area (Å²) in [5, 5.41) is 19.4. The van der Waals surface area contributed by atoms with Gasteiger partial charge in [-0.05, 0) is 62.1 Å². The van der Waals surface area contributed by atoms with Gasteiger partial charge < -0.3 is 24.9 Å².